The highest BCUT2D eigenvalue weighted by Crippen LogP contribution is 2.26. The van der Waals surface area contributed by atoms with Gasteiger partial charge in [-0.25, -0.2) is 0 Å². The van der Waals surface area contributed by atoms with Gasteiger partial charge in [0.15, 0.2) is 0 Å². The maximum atomic E-state index is 3.83. The minimum Gasteiger partial charge on any atom is -0.309 e. The molecule has 1 heteroatoms. The normalized spacial score (nSPS) is 13.6. The van der Waals surface area contributed by atoms with Crippen molar-refractivity contribution in [3.8, 4) is 0 Å². The standard InChI is InChI=1S/C20H35N/c1-6-7-11-14-20(4,5)16-21-19(15-17(2)3)18-12-9-8-10-13-18/h8-10,12-13,17,19,21H,6-7,11,14-16H2,1-5H3. The molecule has 0 aliphatic heterocycles. The van der Waals surface area contributed by atoms with E-state index in [2.05, 4.69) is 70.3 Å². The van der Waals surface area contributed by atoms with Gasteiger partial charge < -0.3 is 5.32 Å². The average molecular weight is 290 g/mol. The molecule has 0 amide bonds. The molecule has 0 aromatic heterocycles. The Morgan fingerprint density at radius 2 is 1.71 bits per heavy atom. The van der Waals surface area contributed by atoms with Crippen LogP contribution < -0.4 is 5.32 Å². The Bertz CT molecular complexity index is 367. The Hall–Kier alpha value is -0.820. The highest BCUT2D eigenvalue weighted by molar-refractivity contribution is 5.19. The van der Waals surface area contributed by atoms with Crippen LogP contribution in [0.5, 0.6) is 0 Å². The first-order valence-corrected chi connectivity index (χ1v) is 8.73. The lowest BCUT2D eigenvalue weighted by atomic mass is 9.86. The van der Waals surface area contributed by atoms with Crippen LogP contribution in [-0.4, -0.2) is 6.54 Å². The SMILES string of the molecule is CCCCCC(C)(C)CNC(CC(C)C)c1ccccc1. The van der Waals surface area contributed by atoms with Gasteiger partial charge in [0.2, 0.25) is 0 Å². The number of hydrogen-bond donors (Lipinski definition) is 1. The van der Waals surface area contributed by atoms with Crippen molar-refractivity contribution in [2.24, 2.45) is 11.3 Å². The van der Waals surface area contributed by atoms with Crippen LogP contribution in [0.1, 0.15) is 78.3 Å². The minimum atomic E-state index is 0.388. The molecule has 0 radical (unpaired) electrons. The van der Waals surface area contributed by atoms with E-state index in [1.165, 1.54) is 37.7 Å². The topological polar surface area (TPSA) is 12.0 Å². The van der Waals surface area contributed by atoms with Crippen LogP contribution in [0.2, 0.25) is 0 Å². The zero-order valence-electron chi connectivity index (χ0n) is 14.8. The molecule has 21 heavy (non-hydrogen) atoms. The van der Waals surface area contributed by atoms with E-state index in [1.54, 1.807) is 0 Å². The van der Waals surface area contributed by atoms with Crippen LogP contribution in [0.15, 0.2) is 30.3 Å². The predicted molar refractivity (Wildman–Crippen MR) is 94.6 cm³/mol. The van der Waals surface area contributed by atoms with Gasteiger partial charge >= 0.3 is 0 Å². The fourth-order valence-corrected chi connectivity index (χ4v) is 2.84. The molecule has 1 nitrogen and oxygen atoms in total. The third-order valence-corrected chi connectivity index (χ3v) is 4.19. The van der Waals surface area contributed by atoms with E-state index in [4.69, 9.17) is 0 Å². The van der Waals surface area contributed by atoms with Gasteiger partial charge in [-0.15, -0.1) is 0 Å². The molecule has 1 aromatic rings. The van der Waals surface area contributed by atoms with Crippen molar-refractivity contribution in [1.82, 2.24) is 5.32 Å². The summed E-state index contributed by atoms with van der Waals surface area (Å²) in [5.41, 5.74) is 1.81. The van der Waals surface area contributed by atoms with Crippen molar-refractivity contribution in [2.75, 3.05) is 6.54 Å². The van der Waals surface area contributed by atoms with E-state index < -0.39 is 0 Å². The van der Waals surface area contributed by atoms with Crippen molar-refractivity contribution < 1.29 is 0 Å². The second-order valence-corrected chi connectivity index (χ2v) is 7.60. The first-order valence-electron chi connectivity index (χ1n) is 8.73. The summed E-state index contributed by atoms with van der Waals surface area (Å²) in [4.78, 5) is 0. The van der Waals surface area contributed by atoms with Crippen LogP contribution in [-0.2, 0) is 0 Å². The Balaban J connectivity index is 2.57. The minimum absolute atomic E-state index is 0.388. The Labute approximate surface area is 132 Å². The van der Waals surface area contributed by atoms with Crippen LogP contribution in [0.25, 0.3) is 0 Å². The number of nitrogens with one attached hydrogen (secondary N) is 1. The summed E-state index contributed by atoms with van der Waals surface area (Å²) in [7, 11) is 0. The van der Waals surface area contributed by atoms with Gasteiger partial charge in [-0.1, -0.05) is 84.2 Å². The van der Waals surface area contributed by atoms with Crippen molar-refractivity contribution in [3.05, 3.63) is 35.9 Å². The smallest absolute Gasteiger partial charge is 0.0322 e. The first kappa shape index (κ1) is 18.2. The molecule has 1 unspecified atom stereocenters. The number of hydrogen-bond acceptors (Lipinski definition) is 1. The van der Waals surface area contributed by atoms with E-state index in [-0.39, 0.29) is 0 Å². The van der Waals surface area contributed by atoms with Crippen LogP contribution >= 0.6 is 0 Å². The molecule has 0 saturated carbocycles. The molecule has 1 aromatic carbocycles. The lowest BCUT2D eigenvalue weighted by Crippen LogP contribution is -2.33. The molecule has 0 bridgehead atoms. The zero-order chi connectivity index (χ0) is 15.7. The number of rotatable bonds is 10. The average Bonchev–Trinajstić information content (AvgIpc) is 2.44. The lowest BCUT2D eigenvalue weighted by Gasteiger charge is -2.29. The molecule has 1 atom stereocenters. The van der Waals surface area contributed by atoms with Gasteiger partial charge in [-0.3, -0.25) is 0 Å². The fraction of sp³-hybridized carbons (Fsp3) is 0.700. The van der Waals surface area contributed by atoms with Gasteiger partial charge in [-0.2, -0.15) is 0 Å². The second kappa shape index (κ2) is 9.25. The van der Waals surface area contributed by atoms with Crippen molar-refractivity contribution in [1.29, 1.82) is 0 Å². The molecular weight excluding hydrogens is 254 g/mol. The molecule has 0 heterocycles. The Kier molecular flexibility index (Phi) is 8.03. The van der Waals surface area contributed by atoms with Crippen LogP contribution in [0.4, 0.5) is 0 Å². The monoisotopic (exact) mass is 289 g/mol. The molecule has 0 fully saturated rings. The van der Waals surface area contributed by atoms with Gasteiger partial charge in [0.25, 0.3) is 0 Å². The van der Waals surface area contributed by atoms with E-state index in [0.29, 0.717) is 17.4 Å². The van der Waals surface area contributed by atoms with Crippen molar-refractivity contribution >= 4 is 0 Å². The quantitative estimate of drug-likeness (QED) is 0.523. The number of benzene rings is 1. The van der Waals surface area contributed by atoms with Gasteiger partial charge in [0.1, 0.15) is 0 Å². The maximum absolute atomic E-state index is 3.83. The van der Waals surface area contributed by atoms with E-state index in [9.17, 15) is 0 Å². The molecule has 0 saturated heterocycles. The highest BCUT2D eigenvalue weighted by atomic mass is 14.9. The highest BCUT2D eigenvalue weighted by Gasteiger charge is 2.20. The maximum Gasteiger partial charge on any atom is 0.0322 e. The third-order valence-electron chi connectivity index (χ3n) is 4.19. The van der Waals surface area contributed by atoms with Gasteiger partial charge in [0.05, 0.1) is 0 Å². The largest absolute Gasteiger partial charge is 0.309 e. The zero-order valence-corrected chi connectivity index (χ0v) is 14.8. The second-order valence-electron chi connectivity index (χ2n) is 7.60. The number of unbranched alkanes of at least 4 members (excludes halogenated alkanes) is 2. The van der Waals surface area contributed by atoms with E-state index in [0.717, 1.165) is 6.54 Å². The summed E-state index contributed by atoms with van der Waals surface area (Å²) in [5.74, 6) is 0.714. The third kappa shape index (κ3) is 7.66. The molecular formula is C20H35N. The molecule has 0 aliphatic rings. The van der Waals surface area contributed by atoms with E-state index >= 15 is 0 Å². The summed E-state index contributed by atoms with van der Waals surface area (Å²) in [6.45, 7) is 12.8. The van der Waals surface area contributed by atoms with Crippen molar-refractivity contribution in [2.45, 2.75) is 72.8 Å². The first-order chi connectivity index (χ1) is 9.94. The fourth-order valence-electron chi connectivity index (χ4n) is 2.84. The summed E-state index contributed by atoms with van der Waals surface area (Å²) < 4.78 is 0. The van der Waals surface area contributed by atoms with Crippen LogP contribution in [0.3, 0.4) is 0 Å². The van der Waals surface area contributed by atoms with E-state index in [1.807, 2.05) is 0 Å². The summed E-state index contributed by atoms with van der Waals surface area (Å²) in [6, 6.07) is 11.4. The Morgan fingerprint density at radius 3 is 2.29 bits per heavy atom. The molecule has 120 valence electrons. The van der Waals surface area contributed by atoms with Crippen LogP contribution in [0, 0.1) is 11.3 Å². The molecule has 0 spiro atoms. The van der Waals surface area contributed by atoms with Gasteiger partial charge in [0, 0.05) is 12.6 Å². The summed E-state index contributed by atoms with van der Waals surface area (Å²) in [6.07, 6.45) is 6.54. The molecule has 1 N–H and O–H groups in total. The predicted octanol–water partition coefficient (Wildman–Crippen LogP) is 5.97. The molecule has 1 rings (SSSR count). The summed E-state index contributed by atoms with van der Waals surface area (Å²) in [5, 5.41) is 3.83. The summed E-state index contributed by atoms with van der Waals surface area (Å²) >= 11 is 0. The van der Waals surface area contributed by atoms with Gasteiger partial charge in [-0.05, 0) is 29.7 Å². The molecule has 0 aliphatic carbocycles. The Morgan fingerprint density at radius 1 is 1.05 bits per heavy atom. The lowest BCUT2D eigenvalue weighted by molar-refractivity contribution is 0.277. The van der Waals surface area contributed by atoms with Crippen molar-refractivity contribution in [3.63, 3.8) is 0 Å².